The molecule has 21 heavy (non-hydrogen) atoms. The summed E-state index contributed by atoms with van der Waals surface area (Å²) in [5.41, 5.74) is 2.25. The first kappa shape index (κ1) is 15.9. The van der Waals surface area contributed by atoms with Gasteiger partial charge < -0.3 is 10.2 Å². The standard InChI is InChI=1S/C16H22N2O2S/c1-10(2)17-15(20)12(4)18-14(19)9-21-16(18)13-8-6-5-7-11(13)3/h5-8,10,12,16H,9H2,1-4H3,(H,17,20)/t12-,16+/m0/s1. The number of carbonyl (C=O) groups is 2. The number of hydrogen-bond acceptors (Lipinski definition) is 3. The molecule has 5 heteroatoms. The third kappa shape index (κ3) is 3.40. The highest BCUT2D eigenvalue weighted by Crippen LogP contribution is 2.41. The van der Waals surface area contributed by atoms with Gasteiger partial charge in [0.1, 0.15) is 11.4 Å². The highest BCUT2D eigenvalue weighted by molar-refractivity contribution is 8.00. The average Bonchev–Trinajstić information content (AvgIpc) is 2.79. The summed E-state index contributed by atoms with van der Waals surface area (Å²) < 4.78 is 0. The maximum atomic E-state index is 12.2. The molecule has 0 aliphatic carbocycles. The van der Waals surface area contributed by atoms with E-state index in [0.29, 0.717) is 5.75 Å². The van der Waals surface area contributed by atoms with Crippen LogP contribution in [0, 0.1) is 6.92 Å². The van der Waals surface area contributed by atoms with Crippen LogP contribution in [0.1, 0.15) is 37.3 Å². The Morgan fingerprint density at radius 3 is 2.62 bits per heavy atom. The number of hydrogen-bond donors (Lipinski definition) is 1. The van der Waals surface area contributed by atoms with Crippen LogP contribution in [0.15, 0.2) is 24.3 Å². The Morgan fingerprint density at radius 2 is 2.00 bits per heavy atom. The predicted octanol–water partition coefficient (Wildman–Crippen LogP) is 2.48. The third-order valence-electron chi connectivity index (χ3n) is 3.59. The fraction of sp³-hybridized carbons (Fsp3) is 0.500. The second-order valence-electron chi connectivity index (χ2n) is 5.66. The zero-order valence-corrected chi connectivity index (χ0v) is 13.7. The minimum Gasteiger partial charge on any atom is -0.352 e. The molecule has 1 saturated heterocycles. The second-order valence-corrected chi connectivity index (χ2v) is 6.73. The lowest BCUT2D eigenvalue weighted by molar-refractivity contribution is -0.138. The van der Waals surface area contributed by atoms with Gasteiger partial charge in [0.2, 0.25) is 11.8 Å². The summed E-state index contributed by atoms with van der Waals surface area (Å²) >= 11 is 1.59. The molecule has 4 nitrogen and oxygen atoms in total. The first-order valence-electron chi connectivity index (χ1n) is 7.20. The van der Waals surface area contributed by atoms with Gasteiger partial charge in [-0.2, -0.15) is 0 Å². The van der Waals surface area contributed by atoms with Gasteiger partial charge in [0.25, 0.3) is 0 Å². The summed E-state index contributed by atoms with van der Waals surface area (Å²) in [5, 5.41) is 2.81. The van der Waals surface area contributed by atoms with E-state index in [9.17, 15) is 9.59 Å². The van der Waals surface area contributed by atoms with Gasteiger partial charge in [-0.3, -0.25) is 9.59 Å². The molecule has 0 radical (unpaired) electrons. The molecule has 2 amide bonds. The molecule has 0 aromatic heterocycles. The Kier molecular flexibility index (Phi) is 4.93. The molecule has 1 N–H and O–H groups in total. The Morgan fingerprint density at radius 1 is 1.33 bits per heavy atom. The summed E-state index contributed by atoms with van der Waals surface area (Å²) in [4.78, 5) is 26.2. The second kappa shape index (κ2) is 6.52. The van der Waals surface area contributed by atoms with Gasteiger partial charge >= 0.3 is 0 Å². The number of aryl methyl sites for hydroxylation is 1. The zero-order chi connectivity index (χ0) is 15.6. The Labute approximate surface area is 130 Å². The molecule has 0 saturated carbocycles. The van der Waals surface area contributed by atoms with Gasteiger partial charge in [-0.15, -0.1) is 11.8 Å². The molecule has 1 fully saturated rings. The molecule has 1 aromatic carbocycles. The maximum Gasteiger partial charge on any atom is 0.242 e. The molecule has 0 spiro atoms. The van der Waals surface area contributed by atoms with E-state index in [1.165, 1.54) is 0 Å². The van der Waals surface area contributed by atoms with Crippen molar-refractivity contribution in [2.75, 3.05) is 5.75 Å². The van der Waals surface area contributed by atoms with Crippen LogP contribution < -0.4 is 5.32 Å². The monoisotopic (exact) mass is 306 g/mol. The minimum atomic E-state index is -0.459. The van der Waals surface area contributed by atoms with E-state index in [1.54, 1.807) is 23.6 Å². The normalized spacial score (nSPS) is 20.0. The summed E-state index contributed by atoms with van der Waals surface area (Å²) in [6.45, 7) is 7.68. The molecule has 0 bridgehead atoms. The van der Waals surface area contributed by atoms with Crippen molar-refractivity contribution in [2.24, 2.45) is 0 Å². The summed E-state index contributed by atoms with van der Waals surface area (Å²) in [7, 11) is 0. The van der Waals surface area contributed by atoms with Crippen LogP contribution in [0.5, 0.6) is 0 Å². The number of amides is 2. The molecule has 1 aliphatic rings. The van der Waals surface area contributed by atoms with Crippen LogP contribution in [0.3, 0.4) is 0 Å². The number of nitrogens with one attached hydrogen (secondary N) is 1. The first-order chi connectivity index (χ1) is 9.91. The van der Waals surface area contributed by atoms with Crippen LogP contribution in [0.25, 0.3) is 0 Å². The van der Waals surface area contributed by atoms with Gasteiger partial charge in [-0.1, -0.05) is 24.3 Å². The van der Waals surface area contributed by atoms with Gasteiger partial charge in [0.15, 0.2) is 0 Å². The topological polar surface area (TPSA) is 49.4 Å². The highest BCUT2D eigenvalue weighted by Gasteiger charge is 2.39. The van der Waals surface area contributed by atoms with Crippen molar-refractivity contribution in [2.45, 2.75) is 45.2 Å². The maximum absolute atomic E-state index is 12.2. The van der Waals surface area contributed by atoms with E-state index in [-0.39, 0.29) is 23.2 Å². The van der Waals surface area contributed by atoms with Crippen molar-refractivity contribution < 1.29 is 9.59 Å². The fourth-order valence-corrected chi connectivity index (χ4v) is 3.84. The van der Waals surface area contributed by atoms with Crippen molar-refractivity contribution >= 4 is 23.6 Å². The number of carbonyl (C=O) groups excluding carboxylic acids is 2. The summed E-state index contributed by atoms with van der Waals surface area (Å²) in [5.74, 6) is 0.359. The smallest absolute Gasteiger partial charge is 0.242 e. The van der Waals surface area contributed by atoms with E-state index < -0.39 is 6.04 Å². The van der Waals surface area contributed by atoms with Crippen molar-refractivity contribution in [3.8, 4) is 0 Å². The summed E-state index contributed by atoms with van der Waals surface area (Å²) in [6.07, 6.45) is 0. The average molecular weight is 306 g/mol. The third-order valence-corrected chi connectivity index (χ3v) is 4.80. The largest absolute Gasteiger partial charge is 0.352 e. The summed E-state index contributed by atoms with van der Waals surface area (Å²) in [6, 6.07) is 7.64. The Balaban J connectivity index is 2.25. The molecular weight excluding hydrogens is 284 g/mol. The quantitative estimate of drug-likeness (QED) is 0.930. The molecule has 1 aliphatic heterocycles. The fourth-order valence-electron chi connectivity index (χ4n) is 2.49. The number of rotatable bonds is 4. The predicted molar refractivity (Wildman–Crippen MR) is 86.0 cm³/mol. The molecule has 1 heterocycles. The first-order valence-corrected chi connectivity index (χ1v) is 8.25. The SMILES string of the molecule is Cc1ccccc1[C@H]1SCC(=O)N1[C@@H](C)C(=O)NC(C)C. The number of nitrogens with zero attached hydrogens (tertiary/aromatic N) is 1. The van der Waals surface area contributed by atoms with Gasteiger partial charge in [0, 0.05) is 6.04 Å². The van der Waals surface area contributed by atoms with E-state index >= 15 is 0 Å². The van der Waals surface area contributed by atoms with Crippen molar-refractivity contribution in [3.63, 3.8) is 0 Å². The lowest BCUT2D eigenvalue weighted by Gasteiger charge is -2.30. The lowest BCUT2D eigenvalue weighted by Crippen LogP contribution is -2.48. The number of benzene rings is 1. The Hall–Kier alpha value is -1.49. The molecule has 2 atom stereocenters. The van der Waals surface area contributed by atoms with Crippen molar-refractivity contribution in [1.82, 2.24) is 10.2 Å². The van der Waals surface area contributed by atoms with Crippen LogP contribution >= 0.6 is 11.8 Å². The van der Waals surface area contributed by atoms with Gasteiger partial charge in [-0.05, 0) is 38.8 Å². The van der Waals surface area contributed by atoms with Crippen molar-refractivity contribution in [3.05, 3.63) is 35.4 Å². The minimum absolute atomic E-state index is 0.0275. The van der Waals surface area contributed by atoms with Crippen LogP contribution in [0.4, 0.5) is 0 Å². The van der Waals surface area contributed by atoms with Crippen LogP contribution in [-0.4, -0.2) is 34.6 Å². The van der Waals surface area contributed by atoms with Crippen LogP contribution in [0.2, 0.25) is 0 Å². The van der Waals surface area contributed by atoms with E-state index in [2.05, 4.69) is 5.32 Å². The van der Waals surface area contributed by atoms with Crippen molar-refractivity contribution in [1.29, 1.82) is 0 Å². The van der Waals surface area contributed by atoms with E-state index in [0.717, 1.165) is 11.1 Å². The molecule has 2 rings (SSSR count). The molecular formula is C16H22N2O2S. The molecule has 114 valence electrons. The zero-order valence-electron chi connectivity index (χ0n) is 12.9. The van der Waals surface area contributed by atoms with E-state index in [1.807, 2.05) is 45.0 Å². The molecule has 1 aromatic rings. The van der Waals surface area contributed by atoms with Crippen LogP contribution in [-0.2, 0) is 9.59 Å². The highest BCUT2D eigenvalue weighted by atomic mass is 32.2. The lowest BCUT2D eigenvalue weighted by atomic mass is 10.1. The molecule has 0 unspecified atom stereocenters. The van der Waals surface area contributed by atoms with Gasteiger partial charge in [-0.25, -0.2) is 0 Å². The van der Waals surface area contributed by atoms with E-state index in [4.69, 9.17) is 0 Å². The number of thioether (sulfide) groups is 1. The van der Waals surface area contributed by atoms with Gasteiger partial charge in [0.05, 0.1) is 5.75 Å². The Bertz CT molecular complexity index is 545.